The fourth-order valence-corrected chi connectivity index (χ4v) is 1.99. The molecule has 0 unspecified atom stereocenters. The maximum absolute atomic E-state index is 10.9. The highest BCUT2D eigenvalue weighted by Crippen LogP contribution is 1.87. The zero-order valence-electron chi connectivity index (χ0n) is 12.2. The fourth-order valence-electron chi connectivity index (χ4n) is 1.52. The molecule has 0 saturated carbocycles. The summed E-state index contributed by atoms with van der Waals surface area (Å²) < 4.78 is 26.0. The van der Waals surface area contributed by atoms with Gasteiger partial charge in [0, 0.05) is 45.6 Å². The van der Waals surface area contributed by atoms with Crippen molar-refractivity contribution in [1.82, 2.24) is 25.1 Å². The van der Waals surface area contributed by atoms with Gasteiger partial charge < -0.3 is 10.6 Å². The van der Waals surface area contributed by atoms with E-state index < -0.39 is 10.0 Å². The summed E-state index contributed by atoms with van der Waals surface area (Å²) in [5, 5.41) is 10.3. The number of hydrogen-bond acceptors (Lipinski definition) is 4. The molecule has 1 heterocycles. The van der Waals surface area contributed by atoms with Gasteiger partial charge >= 0.3 is 0 Å². The Labute approximate surface area is 142 Å². The zero-order chi connectivity index (χ0) is 14.8. The summed E-state index contributed by atoms with van der Waals surface area (Å²) in [6, 6.07) is 1.89. The van der Waals surface area contributed by atoms with Gasteiger partial charge in [0.1, 0.15) is 0 Å². The Hall–Kier alpha value is -0.880. The quantitative estimate of drug-likeness (QED) is 0.226. The molecule has 0 fully saturated rings. The number of hydrogen-bond donors (Lipinski definition) is 3. The first-order chi connectivity index (χ1) is 9.51. The molecule has 1 aromatic rings. The lowest BCUT2D eigenvalue weighted by atomic mass is 10.4. The van der Waals surface area contributed by atoms with E-state index in [0.717, 1.165) is 25.8 Å². The van der Waals surface area contributed by atoms with Gasteiger partial charge in [-0.2, -0.15) is 5.10 Å². The van der Waals surface area contributed by atoms with Gasteiger partial charge in [0.25, 0.3) is 0 Å². The molecule has 0 radical (unpaired) electrons. The average Bonchev–Trinajstić information content (AvgIpc) is 2.88. The minimum absolute atomic E-state index is 0. The number of aliphatic imine (C=N–C) groups is 1. The van der Waals surface area contributed by atoms with Crippen LogP contribution in [0, 0.1) is 0 Å². The first kappa shape index (κ1) is 20.1. The molecule has 0 aliphatic heterocycles. The lowest BCUT2D eigenvalue weighted by Crippen LogP contribution is -2.41. The van der Waals surface area contributed by atoms with Crippen molar-refractivity contribution >= 4 is 40.0 Å². The van der Waals surface area contributed by atoms with Crippen LogP contribution in [-0.2, 0) is 16.6 Å². The standard InChI is InChI=1S/C11H22N6O2S.HI/c1-12-11(14-7-8-16-20(2,18)19)13-5-3-9-17-10-4-6-15-17;/h4,6,10,16H,3,5,7-9H2,1-2H3,(H2,12,13,14);1H. The molecule has 0 atom stereocenters. The van der Waals surface area contributed by atoms with Crippen molar-refractivity contribution in [3.63, 3.8) is 0 Å². The predicted octanol–water partition coefficient (Wildman–Crippen LogP) is -0.395. The third-order valence-corrected chi connectivity index (χ3v) is 3.15. The van der Waals surface area contributed by atoms with Crippen LogP contribution in [0.2, 0.25) is 0 Å². The number of guanidine groups is 1. The van der Waals surface area contributed by atoms with Gasteiger partial charge in [0.05, 0.1) is 6.26 Å². The Balaban J connectivity index is 0.00000400. The summed E-state index contributed by atoms with van der Waals surface area (Å²) in [5.74, 6) is 0.653. The van der Waals surface area contributed by atoms with E-state index in [1.54, 1.807) is 13.2 Å². The van der Waals surface area contributed by atoms with Crippen molar-refractivity contribution in [1.29, 1.82) is 0 Å². The minimum atomic E-state index is -3.13. The first-order valence-corrected chi connectivity index (χ1v) is 8.27. The highest BCUT2D eigenvalue weighted by Gasteiger charge is 2.00. The summed E-state index contributed by atoms with van der Waals surface area (Å²) in [5.41, 5.74) is 0. The zero-order valence-corrected chi connectivity index (χ0v) is 15.4. The molecule has 122 valence electrons. The van der Waals surface area contributed by atoms with Gasteiger partial charge in [-0.25, -0.2) is 13.1 Å². The van der Waals surface area contributed by atoms with Gasteiger partial charge in [-0.1, -0.05) is 0 Å². The average molecular weight is 430 g/mol. The van der Waals surface area contributed by atoms with Crippen LogP contribution in [0.15, 0.2) is 23.5 Å². The van der Waals surface area contributed by atoms with E-state index in [1.807, 2.05) is 16.9 Å². The number of rotatable bonds is 8. The van der Waals surface area contributed by atoms with Crippen molar-refractivity contribution in [3.8, 4) is 0 Å². The fraction of sp³-hybridized carbons (Fsp3) is 0.636. The van der Waals surface area contributed by atoms with Crippen molar-refractivity contribution in [2.24, 2.45) is 4.99 Å². The number of nitrogens with zero attached hydrogens (tertiary/aromatic N) is 3. The lowest BCUT2D eigenvalue weighted by Gasteiger charge is -2.11. The van der Waals surface area contributed by atoms with E-state index in [1.165, 1.54) is 0 Å². The maximum Gasteiger partial charge on any atom is 0.208 e. The van der Waals surface area contributed by atoms with Crippen LogP contribution in [0.4, 0.5) is 0 Å². The summed E-state index contributed by atoms with van der Waals surface area (Å²) >= 11 is 0. The molecule has 0 amide bonds. The summed E-state index contributed by atoms with van der Waals surface area (Å²) in [6.45, 7) is 2.41. The molecule has 3 N–H and O–H groups in total. The van der Waals surface area contributed by atoms with Crippen molar-refractivity contribution in [2.45, 2.75) is 13.0 Å². The summed E-state index contributed by atoms with van der Waals surface area (Å²) in [7, 11) is -1.46. The van der Waals surface area contributed by atoms with Gasteiger partial charge in [0.2, 0.25) is 10.0 Å². The number of aryl methyl sites for hydroxylation is 1. The maximum atomic E-state index is 10.9. The van der Waals surface area contributed by atoms with Crippen molar-refractivity contribution in [2.75, 3.05) is 32.9 Å². The molecule has 0 aliphatic carbocycles. The van der Waals surface area contributed by atoms with Crippen LogP contribution >= 0.6 is 24.0 Å². The van der Waals surface area contributed by atoms with Crippen molar-refractivity contribution in [3.05, 3.63) is 18.5 Å². The Morgan fingerprint density at radius 1 is 1.29 bits per heavy atom. The molecule has 10 heteroatoms. The molecule has 1 aromatic heterocycles. The first-order valence-electron chi connectivity index (χ1n) is 6.38. The third-order valence-electron chi connectivity index (χ3n) is 2.42. The van der Waals surface area contributed by atoms with E-state index >= 15 is 0 Å². The van der Waals surface area contributed by atoms with E-state index in [2.05, 4.69) is 25.4 Å². The summed E-state index contributed by atoms with van der Waals surface area (Å²) in [4.78, 5) is 4.05. The highest BCUT2D eigenvalue weighted by atomic mass is 127. The van der Waals surface area contributed by atoms with E-state index in [4.69, 9.17) is 0 Å². The normalized spacial score (nSPS) is 11.8. The van der Waals surface area contributed by atoms with Gasteiger partial charge in [-0.15, -0.1) is 24.0 Å². The van der Waals surface area contributed by atoms with E-state index in [0.29, 0.717) is 19.0 Å². The number of aromatic nitrogens is 2. The van der Waals surface area contributed by atoms with Crippen LogP contribution in [0.1, 0.15) is 6.42 Å². The second-order valence-electron chi connectivity index (χ2n) is 4.21. The van der Waals surface area contributed by atoms with Gasteiger partial charge in [-0.3, -0.25) is 9.67 Å². The van der Waals surface area contributed by atoms with Crippen LogP contribution < -0.4 is 15.4 Å². The Morgan fingerprint density at radius 3 is 2.57 bits per heavy atom. The van der Waals surface area contributed by atoms with E-state index in [9.17, 15) is 8.42 Å². The largest absolute Gasteiger partial charge is 0.356 e. The smallest absolute Gasteiger partial charge is 0.208 e. The SMILES string of the molecule is CN=C(NCCCn1cccn1)NCCNS(C)(=O)=O.I. The third kappa shape index (κ3) is 10.5. The molecular formula is C11H23IN6O2S. The van der Waals surface area contributed by atoms with Crippen LogP contribution in [0.5, 0.6) is 0 Å². The molecule has 0 aromatic carbocycles. The van der Waals surface area contributed by atoms with E-state index in [-0.39, 0.29) is 24.0 Å². The second kappa shape index (κ2) is 10.8. The van der Waals surface area contributed by atoms with Crippen molar-refractivity contribution < 1.29 is 8.42 Å². The van der Waals surface area contributed by atoms with Crippen LogP contribution in [-0.4, -0.2) is 57.1 Å². The highest BCUT2D eigenvalue weighted by molar-refractivity contribution is 14.0. The molecule has 0 saturated heterocycles. The van der Waals surface area contributed by atoms with Gasteiger partial charge in [0.15, 0.2) is 5.96 Å². The van der Waals surface area contributed by atoms with Crippen LogP contribution in [0.25, 0.3) is 0 Å². The Morgan fingerprint density at radius 2 is 2.00 bits per heavy atom. The van der Waals surface area contributed by atoms with Crippen LogP contribution in [0.3, 0.4) is 0 Å². The predicted molar refractivity (Wildman–Crippen MR) is 94.5 cm³/mol. The molecule has 1 rings (SSSR count). The monoisotopic (exact) mass is 430 g/mol. The minimum Gasteiger partial charge on any atom is -0.356 e. The number of halogens is 1. The molecular weight excluding hydrogens is 407 g/mol. The van der Waals surface area contributed by atoms with Gasteiger partial charge in [-0.05, 0) is 12.5 Å². The second-order valence-corrected chi connectivity index (χ2v) is 6.05. The topological polar surface area (TPSA) is 100 Å². The molecule has 0 aliphatic rings. The number of nitrogens with one attached hydrogen (secondary N) is 3. The molecule has 8 nitrogen and oxygen atoms in total. The Bertz CT molecular complexity index is 503. The summed E-state index contributed by atoms with van der Waals surface area (Å²) in [6.07, 6.45) is 5.73. The Kier molecular flexibility index (Phi) is 10.3. The number of sulfonamides is 1. The molecule has 0 spiro atoms. The lowest BCUT2D eigenvalue weighted by molar-refractivity contribution is 0.569. The molecule has 0 bridgehead atoms. The molecule has 21 heavy (non-hydrogen) atoms.